The molecule has 0 saturated heterocycles. The number of methoxy groups -OCH3 is 5. The molecule has 5 aromatic rings. The number of benzene rings is 4. The lowest BCUT2D eigenvalue weighted by molar-refractivity contribution is -0.140. The van der Waals surface area contributed by atoms with Gasteiger partial charge in [-0.3, -0.25) is 9.59 Å². The minimum absolute atomic E-state index is 0.0762. The summed E-state index contributed by atoms with van der Waals surface area (Å²) in [6.07, 6.45) is 0. The van der Waals surface area contributed by atoms with Crippen LogP contribution in [0.1, 0.15) is 17.2 Å². The average Bonchev–Trinajstić information content (AvgIpc) is 3.50. The van der Waals surface area contributed by atoms with E-state index in [4.69, 9.17) is 23.7 Å². The summed E-state index contributed by atoms with van der Waals surface area (Å²) < 4.78 is 28.9. The Balaban J connectivity index is 1.63. The molecule has 4 aromatic carbocycles. The van der Waals surface area contributed by atoms with E-state index in [1.165, 1.54) is 30.9 Å². The van der Waals surface area contributed by atoms with Crippen LogP contribution in [0.5, 0.6) is 28.7 Å². The maximum Gasteiger partial charge on any atom is 0.251 e. The Morgan fingerprint density at radius 3 is 1.98 bits per heavy atom. The van der Waals surface area contributed by atoms with Crippen molar-refractivity contribution in [1.82, 2.24) is 19.9 Å². The van der Waals surface area contributed by atoms with Crippen LogP contribution >= 0.6 is 0 Å². The number of nitrogens with one attached hydrogen (secondary N) is 1. The van der Waals surface area contributed by atoms with Crippen LogP contribution in [0, 0.1) is 0 Å². The Morgan fingerprint density at radius 2 is 1.39 bits per heavy atom. The van der Waals surface area contributed by atoms with Gasteiger partial charge in [0.05, 0.1) is 41.1 Å². The predicted octanol–water partition coefficient (Wildman–Crippen LogP) is 4.88. The zero-order valence-corrected chi connectivity index (χ0v) is 26.2. The van der Waals surface area contributed by atoms with Crippen LogP contribution in [0.15, 0.2) is 84.9 Å². The summed E-state index contributed by atoms with van der Waals surface area (Å²) in [5, 5.41) is 11.4. The molecule has 2 amide bonds. The summed E-state index contributed by atoms with van der Waals surface area (Å²) in [7, 11) is 7.62. The lowest BCUT2D eigenvalue weighted by Gasteiger charge is -2.32. The molecule has 0 aliphatic rings. The van der Waals surface area contributed by atoms with Crippen LogP contribution < -0.4 is 29.0 Å². The monoisotopic (exact) mass is 625 g/mol. The van der Waals surface area contributed by atoms with Crippen molar-refractivity contribution in [3.8, 4) is 28.7 Å². The topological polar surface area (TPSA) is 126 Å². The number of anilines is 1. The predicted molar refractivity (Wildman–Crippen MR) is 172 cm³/mol. The molecular formula is C34H35N5O7. The molecule has 5 rings (SSSR count). The second-order valence-electron chi connectivity index (χ2n) is 10.2. The number of carbonyl (C=O) groups excluding carboxylic acids is 2. The molecule has 0 spiro atoms. The Labute approximate surface area is 266 Å². The van der Waals surface area contributed by atoms with Gasteiger partial charge in [-0.05, 0) is 71.8 Å². The number of hydrogen-bond donors (Lipinski definition) is 1. The fourth-order valence-corrected chi connectivity index (χ4v) is 5.12. The Morgan fingerprint density at radius 1 is 0.783 bits per heavy atom. The molecule has 0 saturated carbocycles. The lowest BCUT2D eigenvalue weighted by atomic mass is 10.0. The van der Waals surface area contributed by atoms with E-state index in [0.29, 0.717) is 51.0 Å². The van der Waals surface area contributed by atoms with Gasteiger partial charge in [0, 0.05) is 12.2 Å². The molecule has 1 N–H and O–H groups in total. The van der Waals surface area contributed by atoms with E-state index in [2.05, 4.69) is 15.6 Å². The molecule has 1 atom stereocenters. The molecule has 238 valence electrons. The zero-order chi connectivity index (χ0) is 32.6. The summed E-state index contributed by atoms with van der Waals surface area (Å²) in [5.74, 6) is 1.46. The maximum atomic E-state index is 14.4. The summed E-state index contributed by atoms with van der Waals surface area (Å²) in [6, 6.07) is 23.7. The third kappa shape index (κ3) is 6.80. The second-order valence-corrected chi connectivity index (χ2v) is 10.2. The lowest BCUT2D eigenvalue weighted by Crippen LogP contribution is -2.42. The van der Waals surface area contributed by atoms with Gasteiger partial charge in [-0.15, -0.1) is 5.10 Å². The van der Waals surface area contributed by atoms with Gasteiger partial charge in [0.25, 0.3) is 5.91 Å². The number of carbonyl (C=O) groups is 2. The molecular weight excluding hydrogens is 590 g/mol. The molecule has 0 unspecified atom stereocenters. The van der Waals surface area contributed by atoms with Crippen molar-refractivity contribution in [2.45, 2.75) is 19.1 Å². The van der Waals surface area contributed by atoms with Gasteiger partial charge in [0.2, 0.25) is 11.7 Å². The minimum Gasteiger partial charge on any atom is -0.497 e. The molecule has 0 aliphatic carbocycles. The van der Waals surface area contributed by atoms with E-state index >= 15 is 0 Å². The van der Waals surface area contributed by atoms with E-state index in [0.717, 1.165) is 5.56 Å². The zero-order valence-electron chi connectivity index (χ0n) is 26.2. The van der Waals surface area contributed by atoms with Crippen molar-refractivity contribution >= 4 is 28.5 Å². The van der Waals surface area contributed by atoms with E-state index in [1.807, 2.05) is 36.4 Å². The fourth-order valence-electron chi connectivity index (χ4n) is 5.12. The summed E-state index contributed by atoms with van der Waals surface area (Å²) in [5.41, 5.74) is 3.06. The van der Waals surface area contributed by atoms with Gasteiger partial charge in [-0.1, -0.05) is 29.5 Å². The Kier molecular flexibility index (Phi) is 9.86. The Bertz CT molecular complexity index is 1780. The molecule has 1 aromatic heterocycles. The van der Waals surface area contributed by atoms with Gasteiger partial charge in [-0.2, -0.15) is 0 Å². The highest BCUT2D eigenvalue weighted by molar-refractivity contribution is 5.98. The number of fused-ring (bicyclic) bond motifs is 1. The van der Waals surface area contributed by atoms with Gasteiger partial charge >= 0.3 is 0 Å². The van der Waals surface area contributed by atoms with Crippen molar-refractivity contribution in [1.29, 1.82) is 0 Å². The highest BCUT2D eigenvalue weighted by Crippen LogP contribution is 2.41. The van der Waals surface area contributed by atoms with Crippen LogP contribution in [0.3, 0.4) is 0 Å². The number of nitrogens with zero attached hydrogens (tertiary/aromatic N) is 4. The number of amides is 2. The third-order valence-corrected chi connectivity index (χ3v) is 7.46. The van der Waals surface area contributed by atoms with Crippen LogP contribution in [0.4, 0.5) is 5.69 Å². The highest BCUT2D eigenvalue weighted by atomic mass is 16.5. The normalized spacial score (nSPS) is 11.4. The summed E-state index contributed by atoms with van der Waals surface area (Å²) in [4.78, 5) is 30.3. The smallest absolute Gasteiger partial charge is 0.251 e. The van der Waals surface area contributed by atoms with E-state index in [-0.39, 0.29) is 19.0 Å². The molecule has 0 fully saturated rings. The largest absolute Gasteiger partial charge is 0.497 e. The molecule has 1 heterocycles. The SMILES string of the molecule is COc1ccc(CN(C(=O)Cn2nnc3ccccc32)[C@@H](C(=O)Nc2ccc(OC)cc2)c2cc(OC)c(OC)c(OC)c2)cc1. The van der Waals surface area contributed by atoms with Crippen LogP contribution in [0.2, 0.25) is 0 Å². The van der Waals surface area contributed by atoms with E-state index < -0.39 is 11.9 Å². The first kappa shape index (κ1) is 31.6. The van der Waals surface area contributed by atoms with E-state index in [1.54, 1.807) is 62.8 Å². The van der Waals surface area contributed by atoms with Crippen molar-refractivity contribution < 1.29 is 33.3 Å². The molecule has 0 radical (unpaired) electrons. The minimum atomic E-state index is -1.15. The van der Waals surface area contributed by atoms with Crippen LogP contribution in [-0.4, -0.2) is 67.3 Å². The van der Waals surface area contributed by atoms with Crippen LogP contribution in [0.25, 0.3) is 11.0 Å². The molecule has 0 aliphatic heterocycles. The summed E-state index contributed by atoms with van der Waals surface area (Å²) >= 11 is 0. The number of rotatable bonds is 13. The van der Waals surface area contributed by atoms with Crippen molar-refractivity contribution in [2.24, 2.45) is 0 Å². The number of aromatic nitrogens is 3. The van der Waals surface area contributed by atoms with Crippen molar-refractivity contribution in [3.05, 3.63) is 96.1 Å². The maximum absolute atomic E-state index is 14.4. The summed E-state index contributed by atoms with van der Waals surface area (Å²) in [6.45, 7) is -0.0970. The first-order chi connectivity index (χ1) is 22.4. The molecule has 46 heavy (non-hydrogen) atoms. The quantitative estimate of drug-likeness (QED) is 0.195. The Hall–Kier alpha value is -5.78. The van der Waals surface area contributed by atoms with Crippen molar-refractivity contribution in [2.75, 3.05) is 40.9 Å². The molecule has 0 bridgehead atoms. The first-order valence-corrected chi connectivity index (χ1v) is 14.3. The van der Waals surface area contributed by atoms with Gasteiger partial charge < -0.3 is 33.9 Å². The van der Waals surface area contributed by atoms with Gasteiger partial charge in [0.15, 0.2) is 11.5 Å². The van der Waals surface area contributed by atoms with E-state index in [9.17, 15) is 9.59 Å². The number of para-hydroxylation sites is 1. The van der Waals surface area contributed by atoms with Gasteiger partial charge in [0.1, 0.15) is 29.6 Å². The standard InChI is InChI=1S/C34H35N5O7/c1-42-25-14-10-22(11-15-25)20-38(31(40)21-39-28-9-7-6-8-27(28)36-37-39)32(34(41)35-24-12-16-26(43-2)17-13-24)23-18-29(44-3)33(46-5)30(19-23)45-4/h6-19,32H,20-21H2,1-5H3,(H,35,41)/t32-/m1/s1. The highest BCUT2D eigenvalue weighted by Gasteiger charge is 2.34. The number of hydrogen-bond acceptors (Lipinski definition) is 9. The molecule has 12 nitrogen and oxygen atoms in total. The number of ether oxygens (including phenoxy) is 5. The average molecular weight is 626 g/mol. The van der Waals surface area contributed by atoms with Crippen LogP contribution in [-0.2, 0) is 22.7 Å². The fraction of sp³-hybridized carbons (Fsp3) is 0.235. The third-order valence-electron chi connectivity index (χ3n) is 7.46. The molecule has 12 heteroatoms. The second kappa shape index (κ2) is 14.3. The van der Waals surface area contributed by atoms with Gasteiger partial charge in [-0.25, -0.2) is 4.68 Å². The van der Waals surface area contributed by atoms with Crippen molar-refractivity contribution in [3.63, 3.8) is 0 Å². The first-order valence-electron chi connectivity index (χ1n) is 14.3.